The highest BCUT2D eigenvalue weighted by Gasteiger charge is 2.26. The zero-order valence-electron chi connectivity index (χ0n) is 15.2. The van der Waals surface area contributed by atoms with Gasteiger partial charge in [0.2, 0.25) is 0 Å². The molecule has 8 heteroatoms. The van der Waals surface area contributed by atoms with Crippen LogP contribution in [-0.2, 0) is 13.0 Å². The normalized spacial score (nSPS) is 15.2. The smallest absolute Gasteiger partial charge is 0.276 e. The molecule has 25 heavy (non-hydrogen) atoms. The Morgan fingerprint density at radius 2 is 2.12 bits per heavy atom. The van der Waals surface area contributed by atoms with Crippen molar-refractivity contribution in [3.8, 4) is 0 Å². The monoisotopic (exact) mass is 359 g/mol. The first-order valence-electron chi connectivity index (χ1n) is 9.18. The van der Waals surface area contributed by atoms with E-state index >= 15 is 0 Å². The second-order valence-corrected chi connectivity index (χ2v) is 7.89. The summed E-state index contributed by atoms with van der Waals surface area (Å²) in [6.07, 6.45) is 4.62. The van der Waals surface area contributed by atoms with Crippen molar-refractivity contribution in [3.05, 3.63) is 10.4 Å². The first kappa shape index (κ1) is 16.7. The average Bonchev–Trinajstić information content (AvgIpc) is 3.22. The number of rotatable bonds is 6. The number of aromatic nitrogens is 5. The molecule has 0 unspecified atom stereocenters. The summed E-state index contributed by atoms with van der Waals surface area (Å²) in [5.74, 6) is 1.63. The summed E-state index contributed by atoms with van der Waals surface area (Å²) in [4.78, 5) is 12.2. The van der Waals surface area contributed by atoms with E-state index in [9.17, 15) is 0 Å². The van der Waals surface area contributed by atoms with Gasteiger partial charge in [-0.1, -0.05) is 25.4 Å². The van der Waals surface area contributed by atoms with Crippen LogP contribution in [0, 0.1) is 0 Å². The van der Waals surface area contributed by atoms with E-state index in [1.165, 1.54) is 28.7 Å². The van der Waals surface area contributed by atoms with Crippen LogP contribution in [0.1, 0.15) is 43.6 Å². The van der Waals surface area contributed by atoms with Crippen molar-refractivity contribution < 1.29 is 0 Å². The molecule has 1 aliphatic heterocycles. The maximum Gasteiger partial charge on any atom is 0.276 e. The van der Waals surface area contributed by atoms with Crippen LogP contribution in [0.3, 0.4) is 0 Å². The van der Waals surface area contributed by atoms with Gasteiger partial charge in [-0.2, -0.15) is 9.50 Å². The van der Waals surface area contributed by atoms with Crippen LogP contribution < -0.4 is 4.90 Å². The summed E-state index contributed by atoms with van der Waals surface area (Å²) < 4.78 is 1.81. The summed E-state index contributed by atoms with van der Waals surface area (Å²) in [5, 5.41) is 13.4. The van der Waals surface area contributed by atoms with Crippen molar-refractivity contribution in [2.45, 2.75) is 46.1 Å². The summed E-state index contributed by atoms with van der Waals surface area (Å²) >= 11 is 1.83. The van der Waals surface area contributed by atoms with E-state index in [1.807, 2.05) is 11.3 Å². The van der Waals surface area contributed by atoms with Gasteiger partial charge in [0.1, 0.15) is 10.6 Å². The molecule has 7 nitrogen and oxygen atoms in total. The zero-order valence-corrected chi connectivity index (χ0v) is 16.0. The Bertz CT molecular complexity index is 884. The molecule has 1 aliphatic rings. The predicted molar refractivity (Wildman–Crippen MR) is 101 cm³/mol. The first-order chi connectivity index (χ1) is 12.2. The van der Waals surface area contributed by atoms with E-state index in [-0.39, 0.29) is 0 Å². The van der Waals surface area contributed by atoms with Crippen molar-refractivity contribution in [1.29, 1.82) is 0 Å². The quantitative estimate of drug-likeness (QED) is 0.674. The standard InChI is InChI=1S/C17H25N7S/c1-4-6-9-22(3)15-14-12-7-10-23(8-5-2)11-13(12)25-16(14)24-17(18-15)19-20-21-24/h4-11H2,1-3H3. The van der Waals surface area contributed by atoms with Crippen LogP contribution in [0.25, 0.3) is 16.0 Å². The van der Waals surface area contributed by atoms with Gasteiger partial charge in [0, 0.05) is 31.6 Å². The SMILES string of the molecule is CCCCN(C)c1nc2nnnn2c2sc3c(c12)CCN(CCC)C3. The topological polar surface area (TPSA) is 62.5 Å². The highest BCUT2D eigenvalue weighted by atomic mass is 32.1. The molecule has 4 heterocycles. The molecule has 3 aromatic rings. The molecule has 0 spiro atoms. The number of hydrogen-bond acceptors (Lipinski definition) is 7. The van der Waals surface area contributed by atoms with E-state index in [1.54, 1.807) is 4.52 Å². The number of hydrogen-bond donors (Lipinski definition) is 0. The average molecular weight is 360 g/mol. The van der Waals surface area contributed by atoms with Crippen molar-refractivity contribution in [2.24, 2.45) is 0 Å². The molecule has 0 aromatic carbocycles. The van der Waals surface area contributed by atoms with E-state index in [2.05, 4.69) is 46.2 Å². The maximum atomic E-state index is 4.80. The van der Waals surface area contributed by atoms with Crippen LogP contribution in [0.15, 0.2) is 0 Å². The minimum atomic E-state index is 0.592. The van der Waals surface area contributed by atoms with Gasteiger partial charge in [-0.15, -0.1) is 11.3 Å². The van der Waals surface area contributed by atoms with Crippen molar-refractivity contribution in [1.82, 2.24) is 29.9 Å². The van der Waals surface area contributed by atoms with Crippen molar-refractivity contribution >= 4 is 33.1 Å². The summed E-state index contributed by atoms with van der Waals surface area (Å²) in [7, 11) is 2.13. The third-order valence-corrected chi connectivity index (χ3v) is 6.13. The molecule has 0 radical (unpaired) electrons. The molecule has 0 saturated carbocycles. The van der Waals surface area contributed by atoms with E-state index in [0.717, 1.165) is 49.7 Å². The number of thiophene rings is 1. The maximum absolute atomic E-state index is 4.80. The fourth-order valence-corrected chi connectivity index (χ4v) is 4.97. The van der Waals surface area contributed by atoms with E-state index in [0.29, 0.717) is 5.78 Å². The van der Waals surface area contributed by atoms with E-state index < -0.39 is 0 Å². The van der Waals surface area contributed by atoms with Crippen LogP contribution in [0.5, 0.6) is 0 Å². The van der Waals surface area contributed by atoms with Crippen molar-refractivity contribution in [2.75, 3.05) is 31.6 Å². The van der Waals surface area contributed by atoms with Gasteiger partial charge in [0.15, 0.2) is 0 Å². The molecule has 0 fully saturated rings. The Morgan fingerprint density at radius 1 is 1.24 bits per heavy atom. The number of tetrazole rings is 1. The fraction of sp³-hybridized carbons (Fsp3) is 0.647. The van der Waals surface area contributed by atoms with Crippen LogP contribution in [0.4, 0.5) is 5.82 Å². The molecule has 0 amide bonds. The Morgan fingerprint density at radius 3 is 2.92 bits per heavy atom. The molecule has 0 saturated heterocycles. The molecule has 134 valence electrons. The van der Waals surface area contributed by atoms with Gasteiger partial charge in [0.05, 0.1) is 5.39 Å². The lowest BCUT2D eigenvalue weighted by molar-refractivity contribution is 0.258. The van der Waals surface area contributed by atoms with Gasteiger partial charge in [-0.3, -0.25) is 4.90 Å². The molecular weight excluding hydrogens is 334 g/mol. The lowest BCUT2D eigenvalue weighted by atomic mass is 10.0. The molecule has 0 atom stereocenters. The largest absolute Gasteiger partial charge is 0.359 e. The molecule has 0 N–H and O–H groups in total. The third kappa shape index (κ3) is 2.87. The number of fused-ring (bicyclic) bond motifs is 5. The Balaban J connectivity index is 1.86. The molecule has 0 aliphatic carbocycles. The first-order valence-corrected chi connectivity index (χ1v) is 10.00. The summed E-state index contributed by atoms with van der Waals surface area (Å²) in [6.45, 7) is 8.79. The number of anilines is 1. The third-order valence-electron chi connectivity index (χ3n) is 4.94. The molecule has 4 rings (SSSR count). The predicted octanol–water partition coefficient (Wildman–Crippen LogP) is 2.74. The molecule has 0 bridgehead atoms. The van der Waals surface area contributed by atoms with Crippen LogP contribution in [-0.4, -0.2) is 56.6 Å². The number of unbranched alkanes of at least 4 members (excludes halogenated alkanes) is 1. The Labute approximate surface area is 151 Å². The Kier molecular flexibility index (Phi) is 4.56. The molecule has 3 aromatic heterocycles. The highest BCUT2D eigenvalue weighted by molar-refractivity contribution is 7.19. The number of nitrogens with zero attached hydrogens (tertiary/aromatic N) is 7. The highest BCUT2D eigenvalue weighted by Crippen LogP contribution is 2.39. The van der Waals surface area contributed by atoms with E-state index in [4.69, 9.17) is 4.98 Å². The second-order valence-electron chi connectivity index (χ2n) is 6.81. The van der Waals surface area contributed by atoms with Crippen LogP contribution in [0.2, 0.25) is 0 Å². The Hall–Kier alpha value is -1.80. The minimum Gasteiger partial charge on any atom is -0.359 e. The minimum absolute atomic E-state index is 0.592. The molecular formula is C17H25N7S. The van der Waals surface area contributed by atoms with Crippen molar-refractivity contribution in [3.63, 3.8) is 0 Å². The summed E-state index contributed by atoms with van der Waals surface area (Å²) in [6, 6.07) is 0. The fourth-order valence-electron chi connectivity index (χ4n) is 3.64. The van der Waals surface area contributed by atoms with Gasteiger partial charge in [-0.05, 0) is 41.8 Å². The zero-order chi connectivity index (χ0) is 17.4. The van der Waals surface area contributed by atoms with Gasteiger partial charge < -0.3 is 4.90 Å². The van der Waals surface area contributed by atoms with Crippen LogP contribution >= 0.6 is 11.3 Å². The second kappa shape index (κ2) is 6.84. The van der Waals surface area contributed by atoms with Gasteiger partial charge in [0.25, 0.3) is 5.78 Å². The van der Waals surface area contributed by atoms with Gasteiger partial charge >= 0.3 is 0 Å². The summed E-state index contributed by atoms with van der Waals surface area (Å²) in [5.41, 5.74) is 1.45. The lowest BCUT2D eigenvalue weighted by Crippen LogP contribution is -2.30. The van der Waals surface area contributed by atoms with Gasteiger partial charge in [-0.25, -0.2) is 0 Å². The lowest BCUT2D eigenvalue weighted by Gasteiger charge is -2.26.